The summed E-state index contributed by atoms with van der Waals surface area (Å²) in [6, 6.07) is 24.7. The normalized spacial score (nSPS) is 10.8. The molecule has 0 amide bonds. The molecule has 2 aromatic heterocycles. The lowest BCUT2D eigenvalue weighted by Crippen LogP contribution is -2.02. The molecular weight excluding hydrogens is 494 g/mol. The zero-order chi connectivity index (χ0) is 26.8. The van der Waals surface area contributed by atoms with E-state index in [2.05, 4.69) is 0 Å². The van der Waals surface area contributed by atoms with Gasteiger partial charge in [-0.25, -0.2) is 8.78 Å². The molecule has 0 aliphatic heterocycles. The summed E-state index contributed by atoms with van der Waals surface area (Å²) in [5, 5.41) is 20.3. The van der Waals surface area contributed by atoms with Crippen molar-refractivity contribution in [2.75, 3.05) is 0 Å². The molecule has 0 radical (unpaired) electrons. The highest BCUT2D eigenvalue weighted by Crippen LogP contribution is 2.32. The van der Waals surface area contributed by atoms with E-state index in [1.165, 1.54) is 36.4 Å². The lowest BCUT2D eigenvalue weighted by molar-refractivity contribution is 0.447. The minimum absolute atomic E-state index is 0.0582. The first-order valence-electron chi connectivity index (χ1n) is 11.4. The third-order valence-electron chi connectivity index (χ3n) is 5.78. The Kier molecular flexibility index (Phi) is 6.45. The van der Waals surface area contributed by atoms with Crippen LogP contribution in [0.4, 0.5) is 8.78 Å². The Hall–Kier alpha value is -5.24. The van der Waals surface area contributed by atoms with E-state index < -0.39 is 34.0 Å². The van der Waals surface area contributed by atoms with Crippen LogP contribution >= 0.6 is 0 Å². The van der Waals surface area contributed by atoms with Crippen LogP contribution in [0.25, 0.3) is 44.6 Å². The number of fused-ring (bicyclic) bond motifs is 2. The van der Waals surface area contributed by atoms with Crippen molar-refractivity contribution in [3.05, 3.63) is 129 Å². The Bertz CT molecular complexity index is 1780. The molecule has 188 valence electrons. The number of hydrogen-bond acceptors (Lipinski definition) is 6. The fourth-order valence-electron chi connectivity index (χ4n) is 3.92. The molecule has 38 heavy (non-hydrogen) atoms. The van der Waals surface area contributed by atoms with Gasteiger partial charge in [0.1, 0.15) is 22.8 Å². The molecule has 0 bridgehead atoms. The fraction of sp³-hybridized carbons (Fsp3) is 0. The zero-order valence-electron chi connectivity index (χ0n) is 19.5. The molecule has 4 aromatic carbocycles. The monoisotopic (exact) mass is 512 g/mol. The van der Waals surface area contributed by atoms with E-state index in [4.69, 9.17) is 8.83 Å². The van der Waals surface area contributed by atoms with E-state index >= 15 is 0 Å². The Morgan fingerprint density at radius 1 is 0.500 bits per heavy atom. The van der Waals surface area contributed by atoms with Gasteiger partial charge in [-0.2, -0.15) is 0 Å². The van der Waals surface area contributed by atoms with Crippen LogP contribution in [0.3, 0.4) is 0 Å². The molecule has 8 heteroatoms. The van der Waals surface area contributed by atoms with Crippen molar-refractivity contribution in [2.45, 2.75) is 0 Å². The van der Waals surface area contributed by atoms with Crippen LogP contribution in [-0.2, 0) is 0 Å². The molecule has 2 N–H and O–H groups in total. The van der Waals surface area contributed by atoms with Crippen molar-refractivity contribution in [1.82, 2.24) is 0 Å². The van der Waals surface area contributed by atoms with Crippen LogP contribution in [0.1, 0.15) is 0 Å². The predicted octanol–water partition coefficient (Wildman–Crippen LogP) is 6.61. The first kappa shape index (κ1) is 24.5. The molecule has 6 nitrogen and oxygen atoms in total. The van der Waals surface area contributed by atoms with Crippen LogP contribution in [0.5, 0.6) is 11.5 Å². The van der Waals surface area contributed by atoms with Gasteiger partial charge in [-0.15, -0.1) is 0 Å². The maximum Gasteiger partial charge on any atom is 0.235 e. The van der Waals surface area contributed by atoms with Crippen LogP contribution in [0, 0.1) is 11.6 Å². The number of halogens is 2. The van der Waals surface area contributed by atoms with Crippen molar-refractivity contribution in [2.24, 2.45) is 0 Å². The summed E-state index contributed by atoms with van der Waals surface area (Å²) in [5.41, 5.74) is -0.405. The summed E-state index contributed by atoms with van der Waals surface area (Å²) >= 11 is 0. The lowest BCUT2D eigenvalue weighted by Gasteiger charge is -2.06. The van der Waals surface area contributed by atoms with E-state index in [9.17, 15) is 28.6 Å². The highest BCUT2D eigenvalue weighted by atomic mass is 19.1. The van der Waals surface area contributed by atoms with Crippen molar-refractivity contribution in [1.29, 1.82) is 0 Å². The number of rotatable bonds is 2. The van der Waals surface area contributed by atoms with Crippen LogP contribution in [-0.4, -0.2) is 10.2 Å². The van der Waals surface area contributed by atoms with Gasteiger partial charge in [-0.05, 0) is 48.5 Å². The van der Waals surface area contributed by atoms with Gasteiger partial charge in [0.05, 0.1) is 21.9 Å². The minimum atomic E-state index is -0.580. The molecule has 6 rings (SSSR count). The Morgan fingerprint density at radius 3 is 1.24 bits per heavy atom. The second-order valence-corrected chi connectivity index (χ2v) is 8.17. The average Bonchev–Trinajstić information content (AvgIpc) is 2.94. The Balaban J connectivity index is 0.000000155. The summed E-state index contributed by atoms with van der Waals surface area (Å²) in [6.45, 7) is 0. The molecule has 0 aliphatic rings. The lowest BCUT2D eigenvalue weighted by atomic mass is 10.1. The van der Waals surface area contributed by atoms with Gasteiger partial charge in [-0.1, -0.05) is 48.5 Å². The van der Waals surface area contributed by atoms with Gasteiger partial charge < -0.3 is 19.0 Å². The largest absolute Gasteiger partial charge is 0.502 e. The SMILES string of the molecule is O=c1c(O)c(-c2ccccc2F)oc2ccccc12.O=c1c(O)c(-c2ccccc2F)oc2ccccc12. The van der Waals surface area contributed by atoms with Gasteiger partial charge in [0, 0.05) is 0 Å². The van der Waals surface area contributed by atoms with Crippen molar-refractivity contribution >= 4 is 21.9 Å². The predicted molar refractivity (Wildman–Crippen MR) is 139 cm³/mol. The van der Waals surface area contributed by atoms with Gasteiger partial charge in [0.2, 0.25) is 22.4 Å². The molecule has 0 saturated heterocycles. The average molecular weight is 512 g/mol. The fourth-order valence-corrected chi connectivity index (χ4v) is 3.92. The highest BCUT2D eigenvalue weighted by molar-refractivity contribution is 5.82. The third-order valence-corrected chi connectivity index (χ3v) is 5.78. The zero-order valence-corrected chi connectivity index (χ0v) is 19.5. The van der Waals surface area contributed by atoms with Crippen molar-refractivity contribution in [3.8, 4) is 34.1 Å². The van der Waals surface area contributed by atoms with Gasteiger partial charge in [-0.3, -0.25) is 9.59 Å². The molecule has 0 saturated carbocycles. The Morgan fingerprint density at radius 2 is 0.842 bits per heavy atom. The quantitative estimate of drug-likeness (QED) is 0.271. The smallest absolute Gasteiger partial charge is 0.235 e. The number of benzene rings is 4. The second-order valence-electron chi connectivity index (χ2n) is 8.17. The Labute approximate surface area is 213 Å². The third kappa shape index (κ3) is 4.39. The molecule has 0 aliphatic carbocycles. The molecule has 6 aromatic rings. The summed E-state index contributed by atoms with van der Waals surface area (Å²) in [6.07, 6.45) is 0. The van der Waals surface area contributed by atoms with E-state index in [1.54, 1.807) is 60.7 Å². The molecule has 0 atom stereocenters. The molecule has 2 heterocycles. The summed E-state index contributed by atoms with van der Waals surface area (Å²) in [5.74, 6) is -2.58. The van der Waals surface area contributed by atoms with Crippen LogP contribution in [0.2, 0.25) is 0 Å². The molecular formula is C30H18F2O6. The number of aromatic hydroxyl groups is 2. The van der Waals surface area contributed by atoms with Gasteiger partial charge in [0.25, 0.3) is 0 Å². The summed E-state index contributed by atoms with van der Waals surface area (Å²) in [7, 11) is 0. The molecule has 0 spiro atoms. The van der Waals surface area contributed by atoms with Gasteiger partial charge in [0.15, 0.2) is 11.5 Å². The van der Waals surface area contributed by atoms with E-state index in [-0.39, 0.29) is 33.4 Å². The van der Waals surface area contributed by atoms with Crippen LogP contribution < -0.4 is 10.9 Å². The maximum atomic E-state index is 13.7. The first-order chi connectivity index (χ1) is 18.4. The summed E-state index contributed by atoms with van der Waals surface area (Å²) in [4.78, 5) is 24.0. The molecule has 0 unspecified atom stereocenters. The van der Waals surface area contributed by atoms with E-state index in [1.807, 2.05) is 0 Å². The standard InChI is InChI=1S/2C15H9FO3/c2*16-11-7-3-1-5-9(11)15-14(18)13(17)10-6-2-4-8-12(10)19-15/h2*1-8,18H. The van der Waals surface area contributed by atoms with E-state index in [0.717, 1.165) is 0 Å². The summed E-state index contributed by atoms with van der Waals surface area (Å²) < 4.78 is 38.3. The van der Waals surface area contributed by atoms with Crippen molar-refractivity contribution in [3.63, 3.8) is 0 Å². The minimum Gasteiger partial charge on any atom is -0.502 e. The second kappa shape index (κ2) is 10.0. The first-order valence-corrected chi connectivity index (χ1v) is 11.4. The van der Waals surface area contributed by atoms with Crippen LogP contribution in [0.15, 0.2) is 115 Å². The maximum absolute atomic E-state index is 13.7. The van der Waals surface area contributed by atoms with Gasteiger partial charge >= 0.3 is 0 Å². The van der Waals surface area contributed by atoms with Crippen molar-refractivity contribution < 1.29 is 27.8 Å². The number of hydrogen-bond donors (Lipinski definition) is 2. The topological polar surface area (TPSA) is 101 Å². The highest BCUT2D eigenvalue weighted by Gasteiger charge is 2.18. The molecule has 0 fully saturated rings. The number of para-hydroxylation sites is 2. The van der Waals surface area contributed by atoms with E-state index in [0.29, 0.717) is 11.2 Å².